The highest BCUT2D eigenvalue weighted by atomic mass is 16.5. The average Bonchev–Trinajstić information content (AvgIpc) is 3.25. The van der Waals surface area contributed by atoms with Crippen LogP contribution in [0.4, 0.5) is 5.82 Å². The van der Waals surface area contributed by atoms with E-state index in [1.54, 1.807) is 25.3 Å². The number of carbonyl (C=O) groups is 1. The van der Waals surface area contributed by atoms with Crippen LogP contribution in [0, 0.1) is 0 Å². The minimum atomic E-state index is -0.556. The van der Waals surface area contributed by atoms with Gasteiger partial charge in [-0.25, -0.2) is 9.97 Å². The number of aromatic nitrogens is 3. The van der Waals surface area contributed by atoms with E-state index in [4.69, 9.17) is 14.7 Å². The van der Waals surface area contributed by atoms with E-state index in [1.807, 2.05) is 11.9 Å². The standard InChI is InChI=1S/C24H33N5O3/c1-16(31)15-32-18-8-11-25-21(12-18)22-27-20-7-4-6-19(20)23(28-22)29(3)17(14-30)13-26-24(2)9-5-10-24/h8,11-12,14,16-17,26,31H,4-7,9-10,13,15H2,1-3H3/t16-,17?/m0/s1. The van der Waals surface area contributed by atoms with Crippen LogP contribution in [0.15, 0.2) is 18.3 Å². The number of aliphatic hydroxyl groups is 1. The summed E-state index contributed by atoms with van der Waals surface area (Å²) in [6, 6.07) is 3.23. The Bertz CT molecular complexity index is 961. The quantitative estimate of drug-likeness (QED) is 0.544. The second-order valence-electron chi connectivity index (χ2n) is 9.30. The van der Waals surface area contributed by atoms with Crippen molar-refractivity contribution in [2.45, 2.75) is 70.1 Å². The fraction of sp³-hybridized carbons (Fsp3) is 0.583. The monoisotopic (exact) mass is 439 g/mol. The molecule has 1 saturated carbocycles. The van der Waals surface area contributed by atoms with Gasteiger partial charge in [0.1, 0.15) is 30.2 Å². The summed E-state index contributed by atoms with van der Waals surface area (Å²) in [5.74, 6) is 1.94. The van der Waals surface area contributed by atoms with E-state index in [1.165, 1.54) is 6.42 Å². The van der Waals surface area contributed by atoms with Gasteiger partial charge in [-0.1, -0.05) is 0 Å². The van der Waals surface area contributed by atoms with Crippen LogP contribution in [0.1, 0.15) is 50.8 Å². The Kier molecular flexibility index (Phi) is 6.71. The molecule has 0 amide bonds. The smallest absolute Gasteiger partial charge is 0.180 e. The van der Waals surface area contributed by atoms with Gasteiger partial charge in [-0.2, -0.15) is 0 Å². The zero-order valence-corrected chi connectivity index (χ0v) is 19.2. The molecule has 0 aliphatic heterocycles. The van der Waals surface area contributed by atoms with Gasteiger partial charge in [0.05, 0.1) is 12.1 Å². The molecule has 0 spiro atoms. The lowest BCUT2D eigenvalue weighted by Gasteiger charge is -2.41. The number of aldehydes is 1. The lowest BCUT2D eigenvalue weighted by atomic mass is 9.78. The second-order valence-corrected chi connectivity index (χ2v) is 9.30. The second kappa shape index (κ2) is 9.50. The van der Waals surface area contributed by atoms with Crippen molar-refractivity contribution < 1.29 is 14.6 Å². The number of rotatable bonds is 10. The van der Waals surface area contributed by atoms with Crippen LogP contribution in [-0.4, -0.2) is 64.2 Å². The van der Waals surface area contributed by atoms with Gasteiger partial charge in [0.2, 0.25) is 0 Å². The van der Waals surface area contributed by atoms with Crippen molar-refractivity contribution in [1.29, 1.82) is 0 Å². The molecule has 1 fully saturated rings. The number of aliphatic hydroxyl groups excluding tert-OH is 1. The molecule has 0 radical (unpaired) electrons. The lowest BCUT2D eigenvalue weighted by Crippen LogP contribution is -2.53. The highest BCUT2D eigenvalue weighted by molar-refractivity contribution is 5.68. The van der Waals surface area contributed by atoms with Crippen LogP contribution in [0.2, 0.25) is 0 Å². The first-order valence-electron chi connectivity index (χ1n) is 11.5. The largest absolute Gasteiger partial charge is 0.491 e. The highest BCUT2D eigenvalue weighted by Crippen LogP contribution is 2.33. The first-order valence-corrected chi connectivity index (χ1v) is 11.5. The van der Waals surface area contributed by atoms with Crippen LogP contribution in [0.5, 0.6) is 5.75 Å². The van der Waals surface area contributed by atoms with Gasteiger partial charge in [-0.15, -0.1) is 0 Å². The molecule has 2 aromatic rings. The minimum Gasteiger partial charge on any atom is -0.491 e. The maximum Gasteiger partial charge on any atom is 0.180 e. The number of nitrogens with zero attached hydrogens (tertiary/aromatic N) is 4. The van der Waals surface area contributed by atoms with E-state index in [0.29, 0.717) is 23.8 Å². The van der Waals surface area contributed by atoms with Crippen LogP contribution in [0.3, 0.4) is 0 Å². The van der Waals surface area contributed by atoms with Gasteiger partial charge in [0.15, 0.2) is 5.82 Å². The predicted molar refractivity (Wildman–Crippen MR) is 123 cm³/mol. The normalized spacial score (nSPS) is 18.4. The number of likely N-dealkylation sites (N-methyl/N-ethyl adjacent to an activating group) is 1. The molecule has 2 atom stereocenters. The van der Waals surface area contributed by atoms with Gasteiger partial charge in [0, 0.05) is 42.7 Å². The zero-order valence-electron chi connectivity index (χ0n) is 19.2. The molecule has 2 aliphatic rings. The number of fused-ring (bicyclic) bond motifs is 1. The third kappa shape index (κ3) is 4.91. The summed E-state index contributed by atoms with van der Waals surface area (Å²) >= 11 is 0. The third-order valence-corrected chi connectivity index (χ3v) is 6.55. The summed E-state index contributed by atoms with van der Waals surface area (Å²) in [5.41, 5.74) is 2.90. The number of pyridine rings is 1. The van der Waals surface area contributed by atoms with Crippen molar-refractivity contribution in [3.8, 4) is 17.3 Å². The first-order chi connectivity index (χ1) is 15.4. The van der Waals surface area contributed by atoms with Crippen molar-refractivity contribution >= 4 is 12.1 Å². The Hall–Kier alpha value is -2.58. The molecule has 2 N–H and O–H groups in total. The van der Waals surface area contributed by atoms with E-state index in [-0.39, 0.29) is 18.2 Å². The molecule has 32 heavy (non-hydrogen) atoms. The molecular weight excluding hydrogens is 406 g/mol. The highest BCUT2D eigenvalue weighted by Gasteiger charge is 2.33. The molecule has 8 heteroatoms. The summed E-state index contributed by atoms with van der Waals surface area (Å²) in [6.45, 7) is 4.69. The van der Waals surface area contributed by atoms with Gasteiger partial charge < -0.3 is 24.9 Å². The Morgan fingerprint density at radius 2 is 2.12 bits per heavy atom. The molecule has 4 rings (SSSR count). The number of nitrogens with one attached hydrogen (secondary N) is 1. The van der Waals surface area contributed by atoms with E-state index < -0.39 is 6.10 Å². The summed E-state index contributed by atoms with van der Waals surface area (Å²) < 4.78 is 5.62. The summed E-state index contributed by atoms with van der Waals surface area (Å²) in [4.78, 5) is 28.1. The molecule has 2 aromatic heterocycles. The SMILES string of the molecule is C[C@H](O)COc1ccnc(-c2nc3c(c(N(C)C(C=O)CNC4(C)CCC4)n2)CCC3)c1. The fourth-order valence-electron chi connectivity index (χ4n) is 4.33. The predicted octanol–water partition coefficient (Wildman–Crippen LogP) is 2.32. The average molecular weight is 440 g/mol. The molecule has 1 unspecified atom stereocenters. The van der Waals surface area contributed by atoms with Gasteiger partial charge >= 0.3 is 0 Å². The Balaban J connectivity index is 1.60. The van der Waals surface area contributed by atoms with Crippen molar-refractivity contribution in [1.82, 2.24) is 20.3 Å². The molecule has 172 valence electrons. The molecular formula is C24H33N5O3. The number of ether oxygens (including phenoxy) is 1. The van der Waals surface area contributed by atoms with Crippen molar-refractivity contribution in [3.05, 3.63) is 29.6 Å². The van der Waals surface area contributed by atoms with Crippen molar-refractivity contribution in [3.63, 3.8) is 0 Å². The van der Waals surface area contributed by atoms with Crippen LogP contribution < -0.4 is 15.0 Å². The number of anilines is 1. The first kappa shape index (κ1) is 22.6. The Labute approximate surface area is 189 Å². The summed E-state index contributed by atoms with van der Waals surface area (Å²) in [7, 11) is 1.93. The van der Waals surface area contributed by atoms with Crippen molar-refractivity contribution in [2.24, 2.45) is 0 Å². The molecule has 2 aliphatic carbocycles. The van der Waals surface area contributed by atoms with E-state index in [2.05, 4.69) is 17.2 Å². The summed E-state index contributed by atoms with van der Waals surface area (Å²) in [5, 5.41) is 13.1. The minimum absolute atomic E-state index is 0.136. The molecule has 0 bridgehead atoms. The van der Waals surface area contributed by atoms with Gasteiger partial charge in [0.25, 0.3) is 0 Å². The Morgan fingerprint density at radius 3 is 2.81 bits per heavy atom. The number of hydrogen-bond donors (Lipinski definition) is 2. The Morgan fingerprint density at radius 1 is 1.31 bits per heavy atom. The van der Waals surface area contributed by atoms with Gasteiger partial charge in [-0.3, -0.25) is 4.98 Å². The maximum absolute atomic E-state index is 12.0. The van der Waals surface area contributed by atoms with Crippen molar-refractivity contribution in [2.75, 3.05) is 25.1 Å². The number of aryl methyl sites for hydroxylation is 1. The molecule has 2 heterocycles. The topological polar surface area (TPSA) is 100 Å². The van der Waals surface area contributed by atoms with Gasteiger partial charge in [-0.05, 0) is 58.4 Å². The van der Waals surface area contributed by atoms with Crippen LogP contribution >= 0.6 is 0 Å². The summed E-state index contributed by atoms with van der Waals surface area (Å²) in [6.07, 6.45) is 8.47. The molecule has 0 aromatic carbocycles. The van der Waals surface area contributed by atoms with E-state index >= 15 is 0 Å². The zero-order chi connectivity index (χ0) is 22.7. The van der Waals surface area contributed by atoms with Crippen LogP contribution in [0.25, 0.3) is 11.5 Å². The number of carbonyl (C=O) groups excluding carboxylic acids is 1. The molecule has 8 nitrogen and oxygen atoms in total. The number of hydrogen-bond acceptors (Lipinski definition) is 8. The maximum atomic E-state index is 12.0. The third-order valence-electron chi connectivity index (χ3n) is 6.55. The lowest BCUT2D eigenvalue weighted by molar-refractivity contribution is -0.108. The van der Waals surface area contributed by atoms with Crippen LogP contribution in [-0.2, 0) is 17.6 Å². The molecule has 0 saturated heterocycles. The fourth-order valence-corrected chi connectivity index (χ4v) is 4.33. The van der Waals surface area contributed by atoms with E-state index in [9.17, 15) is 9.90 Å². The van der Waals surface area contributed by atoms with E-state index in [0.717, 1.165) is 55.5 Å².